The van der Waals surface area contributed by atoms with Crippen molar-refractivity contribution in [2.75, 3.05) is 7.11 Å². The Labute approximate surface area is 122 Å². The number of fused-ring (bicyclic) bond motifs is 1. The molecule has 0 N–H and O–H groups in total. The summed E-state index contributed by atoms with van der Waals surface area (Å²) in [7, 11) is 1.68. The smallest absolute Gasteiger partial charge is 0.0996 e. The summed E-state index contributed by atoms with van der Waals surface area (Å²) < 4.78 is 8.36. The minimum atomic E-state index is 0.473. The van der Waals surface area contributed by atoms with Crippen molar-refractivity contribution in [1.82, 2.24) is 14.5 Å². The van der Waals surface area contributed by atoms with E-state index in [-0.39, 0.29) is 0 Å². The first-order chi connectivity index (χ1) is 9.70. The number of aromatic nitrogens is 3. The third-order valence-electron chi connectivity index (χ3n) is 3.32. The number of methoxy groups -OCH3 is 1. The molecule has 104 valence electrons. The molecular weight excluding hydrogens is 270 g/mol. The van der Waals surface area contributed by atoms with Gasteiger partial charge in [-0.25, -0.2) is 9.97 Å². The zero-order valence-electron chi connectivity index (χ0n) is 11.8. The maximum absolute atomic E-state index is 5.11. The monoisotopic (exact) mass is 287 g/mol. The first-order valence-corrected chi connectivity index (χ1v) is 7.47. The van der Waals surface area contributed by atoms with Crippen molar-refractivity contribution < 1.29 is 4.74 Å². The number of benzene rings is 1. The Hall–Kier alpha value is -1.72. The molecule has 20 heavy (non-hydrogen) atoms. The van der Waals surface area contributed by atoms with E-state index in [1.54, 1.807) is 18.4 Å². The molecule has 0 aliphatic carbocycles. The summed E-state index contributed by atoms with van der Waals surface area (Å²) in [5, 5.41) is 0. The van der Waals surface area contributed by atoms with Gasteiger partial charge in [-0.1, -0.05) is 19.9 Å². The lowest BCUT2D eigenvalue weighted by Crippen LogP contribution is -1.95. The first-order valence-electron chi connectivity index (χ1n) is 6.59. The molecule has 0 fully saturated rings. The zero-order chi connectivity index (χ0) is 14.1. The van der Waals surface area contributed by atoms with Crippen molar-refractivity contribution in [2.24, 2.45) is 0 Å². The summed E-state index contributed by atoms with van der Waals surface area (Å²) in [6.45, 7) is 4.92. The number of imidazole rings is 1. The van der Waals surface area contributed by atoms with E-state index in [2.05, 4.69) is 35.9 Å². The van der Waals surface area contributed by atoms with Crippen LogP contribution >= 0.6 is 11.3 Å². The van der Waals surface area contributed by atoms with Gasteiger partial charge in [0.25, 0.3) is 0 Å². The van der Waals surface area contributed by atoms with Gasteiger partial charge in [-0.15, -0.1) is 11.3 Å². The quantitative estimate of drug-likeness (QED) is 0.733. The highest BCUT2D eigenvalue weighted by Gasteiger charge is 2.12. The predicted molar refractivity (Wildman–Crippen MR) is 81.5 cm³/mol. The fraction of sp³-hybridized carbons (Fsp3) is 0.333. The van der Waals surface area contributed by atoms with Crippen LogP contribution in [0.4, 0.5) is 0 Å². The van der Waals surface area contributed by atoms with Crippen molar-refractivity contribution in [3.63, 3.8) is 0 Å². The van der Waals surface area contributed by atoms with Crippen molar-refractivity contribution in [1.29, 1.82) is 0 Å². The lowest BCUT2D eigenvalue weighted by molar-refractivity contribution is 0.182. The van der Waals surface area contributed by atoms with E-state index in [9.17, 15) is 0 Å². The molecule has 0 saturated heterocycles. The van der Waals surface area contributed by atoms with Crippen LogP contribution in [-0.2, 0) is 11.3 Å². The maximum atomic E-state index is 5.11. The molecule has 0 atom stereocenters. The van der Waals surface area contributed by atoms with Crippen LogP contribution in [0.2, 0.25) is 0 Å². The third-order valence-corrected chi connectivity index (χ3v) is 4.17. The highest BCUT2D eigenvalue weighted by Crippen LogP contribution is 2.32. The molecule has 3 rings (SSSR count). The van der Waals surface area contributed by atoms with Crippen molar-refractivity contribution in [3.8, 4) is 5.69 Å². The van der Waals surface area contributed by atoms with Gasteiger partial charge < -0.3 is 9.30 Å². The molecule has 0 bridgehead atoms. The third kappa shape index (κ3) is 2.23. The van der Waals surface area contributed by atoms with Gasteiger partial charge in [-0.05, 0) is 17.5 Å². The molecule has 4 nitrogen and oxygen atoms in total. The molecule has 0 aliphatic rings. The zero-order valence-corrected chi connectivity index (χ0v) is 12.6. The predicted octanol–water partition coefficient (Wildman–Crippen LogP) is 3.75. The van der Waals surface area contributed by atoms with E-state index in [0.717, 1.165) is 16.9 Å². The van der Waals surface area contributed by atoms with Crippen LogP contribution in [0.5, 0.6) is 0 Å². The molecule has 0 amide bonds. The molecule has 0 radical (unpaired) electrons. The number of rotatable bonds is 4. The molecular formula is C15H17N3OS. The Bertz CT molecular complexity index is 730. The van der Waals surface area contributed by atoms with E-state index < -0.39 is 0 Å². The van der Waals surface area contributed by atoms with E-state index in [4.69, 9.17) is 4.74 Å². The average Bonchev–Trinajstić information content (AvgIpc) is 3.06. The van der Waals surface area contributed by atoms with E-state index in [1.807, 2.05) is 22.6 Å². The Morgan fingerprint density at radius 2 is 2.15 bits per heavy atom. The fourth-order valence-electron chi connectivity index (χ4n) is 2.34. The second kappa shape index (κ2) is 5.34. The topological polar surface area (TPSA) is 39.9 Å². The molecule has 0 unspecified atom stereocenters. The lowest BCUT2D eigenvalue weighted by Gasteiger charge is -2.09. The highest BCUT2D eigenvalue weighted by atomic mass is 32.1. The van der Waals surface area contributed by atoms with Crippen molar-refractivity contribution in [3.05, 3.63) is 41.4 Å². The summed E-state index contributed by atoms with van der Waals surface area (Å²) in [4.78, 5) is 8.88. The molecule has 2 aromatic heterocycles. The fourth-order valence-corrected chi connectivity index (χ4v) is 3.18. The first kappa shape index (κ1) is 13.3. The minimum absolute atomic E-state index is 0.473. The molecule has 1 aromatic carbocycles. The van der Waals surface area contributed by atoms with Gasteiger partial charge in [0, 0.05) is 13.3 Å². The number of ether oxygens (including phenoxy) is 1. The van der Waals surface area contributed by atoms with Crippen molar-refractivity contribution in [2.45, 2.75) is 26.4 Å². The van der Waals surface area contributed by atoms with E-state index in [0.29, 0.717) is 12.5 Å². The van der Waals surface area contributed by atoms with Crippen LogP contribution < -0.4 is 0 Å². The Balaban J connectivity index is 2.12. The number of thiazole rings is 1. The average molecular weight is 287 g/mol. The molecule has 5 heteroatoms. The van der Waals surface area contributed by atoms with Gasteiger partial charge >= 0.3 is 0 Å². The lowest BCUT2D eigenvalue weighted by atomic mass is 10.0. The van der Waals surface area contributed by atoms with Gasteiger partial charge in [0.05, 0.1) is 40.0 Å². The largest absolute Gasteiger partial charge is 0.378 e. The molecule has 0 aliphatic heterocycles. The Morgan fingerprint density at radius 3 is 2.90 bits per heavy atom. The Kier molecular flexibility index (Phi) is 3.54. The molecule has 0 spiro atoms. The standard InChI is InChI=1S/C15H17N3OS/c1-10(2)12-4-5-13(15-14(12)17-9-20-15)18-6-11(7-19-3)16-8-18/h4-6,8-10H,7H2,1-3H3. The number of nitrogens with zero attached hydrogens (tertiary/aromatic N) is 3. The Morgan fingerprint density at radius 1 is 1.30 bits per heavy atom. The van der Waals surface area contributed by atoms with Gasteiger partial charge in [0.1, 0.15) is 0 Å². The highest BCUT2D eigenvalue weighted by molar-refractivity contribution is 7.17. The van der Waals surface area contributed by atoms with Crippen LogP contribution in [0.3, 0.4) is 0 Å². The van der Waals surface area contributed by atoms with Gasteiger partial charge in [-0.3, -0.25) is 0 Å². The minimum Gasteiger partial charge on any atom is -0.378 e. The summed E-state index contributed by atoms with van der Waals surface area (Å²) in [6.07, 6.45) is 3.84. The van der Waals surface area contributed by atoms with Crippen LogP contribution in [0, 0.1) is 0 Å². The number of hydrogen-bond donors (Lipinski definition) is 0. The second-order valence-electron chi connectivity index (χ2n) is 5.06. The second-order valence-corrected chi connectivity index (χ2v) is 5.92. The van der Waals surface area contributed by atoms with Gasteiger partial charge in [0.15, 0.2) is 0 Å². The maximum Gasteiger partial charge on any atom is 0.0996 e. The van der Waals surface area contributed by atoms with Crippen LogP contribution in [0.15, 0.2) is 30.2 Å². The molecule has 3 aromatic rings. The van der Waals surface area contributed by atoms with Crippen LogP contribution in [0.1, 0.15) is 31.0 Å². The summed E-state index contributed by atoms with van der Waals surface area (Å²) in [5.41, 5.74) is 6.36. The summed E-state index contributed by atoms with van der Waals surface area (Å²) >= 11 is 1.67. The molecule has 2 heterocycles. The van der Waals surface area contributed by atoms with E-state index in [1.165, 1.54) is 10.3 Å². The van der Waals surface area contributed by atoms with Crippen molar-refractivity contribution >= 4 is 21.6 Å². The summed E-state index contributed by atoms with van der Waals surface area (Å²) in [5.74, 6) is 0.473. The number of hydrogen-bond acceptors (Lipinski definition) is 4. The van der Waals surface area contributed by atoms with E-state index >= 15 is 0 Å². The SMILES string of the molecule is COCc1cn(-c2ccc(C(C)C)c3ncsc23)cn1. The molecule has 0 saturated carbocycles. The van der Waals surface area contributed by atoms with Gasteiger partial charge in [-0.2, -0.15) is 0 Å². The van der Waals surface area contributed by atoms with Gasteiger partial charge in [0.2, 0.25) is 0 Å². The normalized spacial score (nSPS) is 11.6. The summed E-state index contributed by atoms with van der Waals surface area (Å²) in [6, 6.07) is 4.31. The van der Waals surface area contributed by atoms with Crippen LogP contribution in [-0.4, -0.2) is 21.6 Å². The van der Waals surface area contributed by atoms with Crippen LogP contribution in [0.25, 0.3) is 15.9 Å².